The van der Waals surface area contributed by atoms with Gasteiger partial charge in [-0.15, -0.1) is 0 Å². The van der Waals surface area contributed by atoms with Crippen molar-refractivity contribution in [2.24, 2.45) is 5.41 Å². The summed E-state index contributed by atoms with van der Waals surface area (Å²) in [6, 6.07) is 4.73. The van der Waals surface area contributed by atoms with Crippen LogP contribution in [-0.2, 0) is 16.2 Å². The minimum absolute atomic E-state index is 0.0502. The molecule has 0 bridgehead atoms. The van der Waals surface area contributed by atoms with Crippen LogP contribution in [0, 0.1) is 5.41 Å². The van der Waals surface area contributed by atoms with Crippen LogP contribution in [0.3, 0.4) is 0 Å². The number of fused-ring (bicyclic) bond motifs is 6. The van der Waals surface area contributed by atoms with E-state index in [4.69, 9.17) is 14.4 Å². The highest BCUT2D eigenvalue weighted by atomic mass is 28.4. The zero-order valence-corrected chi connectivity index (χ0v) is 22.4. The Morgan fingerprint density at radius 3 is 2.09 bits per heavy atom. The molecule has 5 nitrogen and oxygen atoms in total. The first kappa shape index (κ1) is 21.6. The molecule has 0 fully saturated rings. The molecule has 0 spiro atoms. The molecule has 3 aromatic rings. The van der Waals surface area contributed by atoms with Gasteiger partial charge < -0.3 is 8.66 Å². The average Bonchev–Trinajstić information content (AvgIpc) is 3.08. The van der Waals surface area contributed by atoms with Gasteiger partial charge in [0.05, 0.1) is 16.6 Å². The summed E-state index contributed by atoms with van der Waals surface area (Å²) in [6.07, 6.45) is 1.90. The van der Waals surface area contributed by atoms with E-state index in [2.05, 4.69) is 96.8 Å². The van der Waals surface area contributed by atoms with E-state index < -0.39 is 8.48 Å². The fourth-order valence-electron chi connectivity index (χ4n) is 5.58. The summed E-state index contributed by atoms with van der Waals surface area (Å²) < 4.78 is 8.97. The third kappa shape index (κ3) is 2.47. The molecule has 1 aliphatic carbocycles. The van der Waals surface area contributed by atoms with Crippen LogP contribution in [0.4, 0.5) is 0 Å². The minimum Gasteiger partial charge on any atom is -0.511 e. The fourth-order valence-corrected chi connectivity index (χ4v) is 7.74. The van der Waals surface area contributed by atoms with Crippen molar-refractivity contribution in [1.29, 1.82) is 0 Å². The Kier molecular flexibility index (Phi) is 3.93. The molecule has 0 saturated carbocycles. The summed E-state index contributed by atoms with van der Waals surface area (Å²) in [6.45, 7) is 25.2. The van der Waals surface area contributed by atoms with Gasteiger partial charge >= 0.3 is 8.48 Å². The number of imidazole rings is 1. The van der Waals surface area contributed by atoms with Gasteiger partial charge in [-0.25, -0.2) is 9.97 Å². The van der Waals surface area contributed by atoms with E-state index in [0.29, 0.717) is 5.88 Å². The normalized spacial score (nSPS) is 21.6. The molecule has 2 aromatic heterocycles. The molecule has 0 saturated heterocycles. The third-order valence-corrected chi connectivity index (χ3v) is 11.0. The summed E-state index contributed by atoms with van der Waals surface area (Å²) in [5, 5.41) is 0. The number of rotatable bonds is 0. The molecule has 32 heavy (non-hydrogen) atoms. The first-order chi connectivity index (χ1) is 14.5. The van der Waals surface area contributed by atoms with Crippen LogP contribution < -0.4 is 4.43 Å². The van der Waals surface area contributed by atoms with Gasteiger partial charge in [-0.1, -0.05) is 62.3 Å². The van der Waals surface area contributed by atoms with Crippen LogP contribution in [0.15, 0.2) is 18.3 Å². The number of nitrogens with zero attached hydrogens (tertiary/aromatic N) is 4. The van der Waals surface area contributed by atoms with Crippen LogP contribution in [0.1, 0.15) is 79.3 Å². The predicted octanol–water partition coefficient (Wildman–Crippen LogP) is 6.33. The van der Waals surface area contributed by atoms with E-state index in [1.165, 1.54) is 16.6 Å². The van der Waals surface area contributed by atoms with Gasteiger partial charge in [0.1, 0.15) is 11.6 Å². The monoisotopic (exact) mass is 448 g/mol. The summed E-state index contributed by atoms with van der Waals surface area (Å²) in [4.78, 5) is 14.7. The second kappa shape index (κ2) is 5.82. The van der Waals surface area contributed by atoms with Crippen LogP contribution in [-0.4, -0.2) is 27.7 Å². The zero-order chi connectivity index (χ0) is 23.6. The highest BCUT2D eigenvalue weighted by molar-refractivity contribution is 6.72. The number of aromatic nitrogens is 4. The predicted molar refractivity (Wildman–Crippen MR) is 133 cm³/mol. The third-order valence-electron chi connectivity index (χ3n) is 8.82. The topological polar surface area (TPSA) is 52.8 Å². The molecule has 1 aromatic carbocycles. The van der Waals surface area contributed by atoms with E-state index in [0.717, 1.165) is 22.7 Å². The van der Waals surface area contributed by atoms with Crippen molar-refractivity contribution in [1.82, 2.24) is 19.2 Å². The Morgan fingerprint density at radius 2 is 1.50 bits per heavy atom. The van der Waals surface area contributed by atoms with Gasteiger partial charge in [-0.2, -0.15) is 4.98 Å². The number of hydrogen-bond acceptors (Lipinski definition) is 4. The van der Waals surface area contributed by atoms with E-state index in [9.17, 15) is 0 Å². The van der Waals surface area contributed by atoms with E-state index in [-0.39, 0.29) is 21.7 Å². The smallest absolute Gasteiger partial charge is 0.361 e. The van der Waals surface area contributed by atoms with Crippen molar-refractivity contribution >= 4 is 19.5 Å². The zero-order valence-electron chi connectivity index (χ0n) is 21.4. The lowest BCUT2D eigenvalue weighted by molar-refractivity contribution is 0.125. The van der Waals surface area contributed by atoms with Crippen LogP contribution in [0.25, 0.3) is 22.4 Å². The average molecular weight is 449 g/mol. The highest BCUT2D eigenvalue weighted by Gasteiger charge is 2.57. The molecular weight excluding hydrogens is 412 g/mol. The van der Waals surface area contributed by atoms with Crippen molar-refractivity contribution in [3.8, 4) is 17.3 Å². The SMILES string of the molecule is CC(C)(C)c1ncc2c(n1)O[Si](C)(C)n1c-2nc2cc3c(cc21)C(C)(C)C(C)(C)C3(C)C. The highest BCUT2D eigenvalue weighted by Crippen LogP contribution is 2.62. The number of benzene rings is 1. The Morgan fingerprint density at radius 1 is 0.906 bits per heavy atom. The van der Waals surface area contributed by atoms with Gasteiger partial charge in [-0.3, -0.25) is 0 Å². The van der Waals surface area contributed by atoms with Crippen molar-refractivity contribution in [3.63, 3.8) is 0 Å². The van der Waals surface area contributed by atoms with Crippen LogP contribution >= 0.6 is 0 Å². The van der Waals surface area contributed by atoms with Crippen LogP contribution in [0.5, 0.6) is 5.88 Å². The Hall–Kier alpha value is -2.21. The van der Waals surface area contributed by atoms with Crippen molar-refractivity contribution in [3.05, 3.63) is 35.3 Å². The lowest BCUT2D eigenvalue weighted by atomic mass is 9.59. The number of hydrogen-bond donors (Lipinski definition) is 0. The first-order valence-corrected chi connectivity index (χ1v) is 14.5. The molecule has 1 aliphatic heterocycles. The maximum Gasteiger partial charge on any atom is 0.361 e. The van der Waals surface area contributed by atoms with Crippen molar-refractivity contribution in [2.75, 3.05) is 0 Å². The maximum absolute atomic E-state index is 6.61. The summed E-state index contributed by atoms with van der Waals surface area (Å²) in [5.41, 5.74) is 6.03. The van der Waals surface area contributed by atoms with Gasteiger partial charge in [0.25, 0.3) is 0 Å². The van der Waals surface area contributed by atoms with E-state index >= 15 is 0 Å². The molecule has 170 valence electrons. The Bertz CT molecular complexity index is 1290. The lowest BCUT2D eigenvalue weighted by Crippen LogP contribution is -2.46. The van der Waals surface area contributed by atoms with E-state index in [1.54, 1.807) is 0 Å². The van der Waals surface area contributed by atoms with Crippen molar-refractivity contribution < 1.29 is 4.43 Å². The van der Waals surface area contributed by atoms with Gasteiger partial charge in [-0.05, 0) is 52.6 Å². The van der Waals surface area contributed by atoms with Gasteiger partial charge in [0, 0.05) is 11.6 Å². The molecule has 3 heterocycles. The molecular formula is C26H36N4OSi. The van der Waals surface area contributed by atoms with Gasteiger partial charge in [0.15, 0.2) is 0 Å². The lowest BCUT2D eigenvalue weighted by Gasteiger charge is -2.44. The second-order valence-corrected chi connectivity index (χ2v) is 16.3. The molecule has 5 rings (SSSR count). The minimum atomic E-state index is -2.34. The summed E-state index contributed by atoms with van der Waals surface area (Å²) in [5.74, 6) is 2.42. The summed E-state index contributed by atoms with van der Waals surface area (Å²) in [7, 11) is -2.34. The summed E-state index contributed by atoms with van der Waals surface area (Å²) >= 11 is 0. The largest absolute Gasteiger partial charge is 0.511 e. The first-order valence-electron chi connectivity index (χ1n) is 11.6. The Labute approximate surface area is 192 Å². The van der Waals surface area contributed by atoms with E-state index in [1.807, 2.05) is 6.20 Å². The molecule has 2 aliphatic rings. The van der Waals surface area contributed by atoms with Crippen molar-refractivity contribution in [2.45, 2.75) is 91.7 Å². The molecule has 0 atom stereocenters. The van der Waals surface area contributed by atoms with Gasteiger partial charge in [0.2, 0.25) is 5.88 Å². The van der Waals surface area contributed by atoms with Crippen LogP contribution in [0.2, 0.25) is 13.1 Å². The maximum atomic E-state index is 6.61. The molecule has 0 radical (unpaired) electrons. The molecule has 0 amide bonds. The Balaban J connectivity index is 1.81. The molecule has 6 heteroatoms. The quantitative estimate of drug-likeness (QED) is 0.377. The second-order valence-electron chi connectivity index (χ2n) is 12.7. The standard InChI is InChI=1S/C26H36N4OSi/c1-23(2,3)22-27-14-15-20-28-18-12-16-17(25(6,7)26(8,9)24(16,4)5)13-19(18)30(20)32(10,11)31-21(15)29-22/h12-14H,1-11H3. The molecule has 0 N–H and O–H groups in total. The molecule has 0 unspecified atom stereocenters. The fraction of sp³-hybridized carbons (Fsp3) is 0.577.